The van der Waals surface area contributed by atoms with Gasteiger partial charge in [0.15, 0.2) is 0 Å². The van der Waals surface area contributed by atoms with Crippen molar-refractivity contribution >= 4 is 5.91 Å². The minimum Gasteiger partial charge on any atom is -0.385 e. The lowest BCUT2D eigenvalue weighted by molar-refractivity contribution is 0.0944. The zero-order chi connectivity index (χ0) is 12.7. The van der Waals surface area contributed by atoms with Gasteiger partial charge in [-0.2, -0.15) is 0 Å². The largest absolute Gasteiger partial charge is 0.385 e. The maximum absolute atomic E-state index is 13.8. The zero-order valence-electron chi connectivity index (χ0n) is 10.3. The van der Waals surface area contributed by atoms with Crippen LogP contribution in [-0.4, -0.2) is 26.2 Å². The van der Waals surface area contributed by atoms with Gasteiger partial charge in [0.05, 0.1) is 5.56 Å². The van der Waals surface area contributed by atoms with Crippen molar-refractivity contribution < 1.29 is 13.9 Å². The molecule has 4 heteroatoms. The van der Waals surface area contributed by atoms with E-state index in [1.807, 2.05) is 6.92 Å². The summed E-state index contributed by atoms with van der Waals surface area (Å²) in [6.07, 6.45) is 1.30. The molecular formula is C13H18FNO2. The third-order valence-corrected chi connectivity index (χ3v) is 2.52. The molecule has 1 rings (SSSR count). The first kappa shape index (κ1) is 13.6. The maximum atomic E-state index is 13.8. The van der Waals surface area contributed by atoms with E-state index in [-0.39, 0.29) is 11.5 Å². The average Bonchev–Trinajstić information content (AvgIpc) is 2.34. The molecule has 0 fully saturated rings. The number of carbonyl (C=O) groups is 1. The second-order valence-corrected chi connectivity index (χ2v) is 3.73. The molecule has 94 valence electrons. The van der Waals surface area contributed by atoms with E-state index in [2.05, 4.69) is 5.32 Å². The van der Waals surface area contributed by atoms with E-state index in [1.165, 1.54) is 6.07 Å². The molecule has 1 amide bonds. The lowest BCUT2D eigenvalue weighted by atomic mass is 10.1. The summed E-state index contributed by atoms with van der Waals surface area (Å²) in [4.78, 5) is 11.7. The highest BCUT2D eigenvalue weighted by atomic mass is 19.1. The number of ether oxygens (including phenoxy) is 1. The first-order valence-electron chi connectivity index (χ1n) is 5.75. The van der Waals surface area contributed by atoms with Gasteiger partial charge in [-0.25, -0.2) is 4.39 Å². The smallest absolute Gasteiger partial charge is 0.254 e. The van der Waals surface area contributed by atoms with Gasteiger partial charge >= 0.3 is 0 Å². The van der Waals surface area contributed by atoms with E-state index in [0.29, 0.717) is 25.1 Å². The molecular weight excluding hydrogens is 221 g/mol. The van der Waals surface area contributed by atoms with Crippen molar-refractivity contribution in [3.63, 3.8) is 0 Å². The molecule has 0 unspecified atom stereocenters. The quantitative estimate of drug-likeness (QED) is 0.772. The first-order valence-corrected chi connectivity index (χ1v) is 5.75. The first-order chi connectivity index (χ1) is 8.20. The van der Waals surface area contributed by atoms with Gasteiger partial charge in [-0.1, -0.05) is 19.1 Å². The third-order valence-electron chi connectivity index (χ3n) is 2.52. The molecule has 17 heavy (non-hydrogen) atoms. The number of amides is 1. The lowest BCUT2D eigenvalue weighted by Crippen LogP contribution is -2.26. The summed E-state index contributed by atoms with van der Waals surface area (Å²) in [5.74, 6) is -0.784. The Morgan fingerprint density at radius 3 is 2.88 bits per heavy atom. The fourth-order valence-corrected chi connectivity index (χ4v) is 1.54. The number of halogens is 1. The SMILES string of the molecule is CCc1cccc(C(=O)NCCCOC)c1F. The number of benzene rings is 1. The summed E-state index contributed by atoms with van der Waals surface area (Å²) in [6.45, 7) is 2.93. The average molecular weight is 239 g/mol. The summed E-state index contributed by atoms with van der Waals surface area (Å²) in [5, 5.41) is 2.67. The van der Waals surface area contributed by atoms with E-state index in [0.717, 1.165) is 6.42 Å². The summed E-state index contributed by atoms with van der Waals surface area (Å²) < 4.78 is 18.7. The van der Waals surface area contributed by atoms with Crippen LogP contribution in [-0.2, 0) is 11.2 Å². The molecule has 0 saturated heterocycles. The Bertz CT molecular complexity index is 380. The van der Waals surface area contributed by atoms with E-state index < -0.39 is 5.82 Å². The molecule has 3 nitrogen and oxygen atoms in total. The zero-order valence-corrected chi connectivity index (χ0v) is 10.3. The molecule has 1 aromatic rings. The molecule has 1 N–H and O–H groups in total. The molecule has 0 aliphatic carbocycles. The van der Waals surface area contributed by atoms with E-state index in [1.54, 1.807) is 19.2 Å². The summed E-state index contributed by atoms with van der Waals surface area (Å²) in [6, 6.07) is 4.89. The minimum absolute atomic E-state index is 0.113. The molecule has 0 aliphatic heterocycles. The second-order valence-electron chi connectivity index (χ2n) is 3.73. The van der Waals surface area contributed by atoms with Crippen molar-refractivity contribution in [3.8, 4) is 0 Å². The lowest BCUT2D eigenvalue weighted by Gasteiger charge is -2.08. The number of aryl methyl sites for hydroxylation is 1. The molecule has 0 spiro atoms. The molecule has 0 aliphatic rings. The van der Waals surface area contributed by atoms with Crippen LogP contribution in [0.25, 0.3) is 0 Å². The maximum Gasteiger partial charge on any atom is 0.254 e. The number of nitrogens with one attached hydrogen (secondary N) is 1. The van der Waals surface area contributed by atoms with Crippen LogP contribution in [0.5, 0.6) is 0 Å². The van der Waals surface area contributed by atoms with Crippen LogP contribution in [0.15, 0.2) is 18.2 Å². The van der Waals surface area contributed by atoms with Crippen LogP contribution in [0, 0.1) is 5.82 Å². The molecule has 1 aromatic carbocycles. The highest BCUT2D eigenvalue weighted by molar-refractivity contribution is 5.94. The van der Waals surface area contributed by atoms with Crippen LogP contribution in [0.4, 0.5) is 4.39 Å². The van der Waals surface area contributed by atoms with Gasteiger partial charge in [0, 0.05) is 20.3 Å². The van der Waals surface area contributed by atoms with Crippen molar-refractivity contribution in [2.24, 2.45) is 0 Å². The summed E-state index contributed by atoms with van der Waals surface area (Å²) in [7, 11) is 1.60. The standard InChI is InChI=1S/C13H18FNO2/c1-3-10-6-4-7-11(12(10)14)13(16)15-8-5-9-17-2/h4,6-7H,3,5,8-9H2,1-2H3,(H,15,16). The van der Waals surface area contributed by atoms with Gasteiger partial charge in [0.25, 0.3) is 5.91 Å². The van der Waals surface area contributed by atoms with Crippen molar-refractivity contribution in [1.29, 1.82) is 0 Å². The topological polar surface area (TPSA) is 38.3 Å². The Morgan fingerprint density at radius 2 is 2.24 bits per heavy atom. The number of carbonyl (C=O) groups excluding carboxylic acids is 1. The third kappa shape index (κ3) is 3.82. The molecule has 0 heterocycles. The Labute approximate surface area is 101 Å². The van der Waals surface area contributed by atoms with Gasteiger partial charge in [-0.05, 0) is 24.5 Å². The fourth-order valence-electron chi connectivity index (χ4n) is 1.54. The summed E-state index contributed by atoms with van der Waals surface area (Å²) >= 11 is 0. The molecule has 0 bridgehead atoms. The van der Waals surface area contributed by atoms with E-state index in [9.17, 15) is 9.18 Å². The Hall–Kier alpha value is -1.42. The normalized spacial score (nSPS) is 10.3. The van der Waals surface area contributed by atoms with Gasteiger partial charge in [0.1, 0.15) is 5.82 Å². The van der Waals surface area contributed by atoms with Crippen molar-refractivity contribution in [2.75, 3.05) is 20.3 Å². The second kappa shape index (κ2) is 7.01. The Balaban J connectivity index is 2.62. The predicted octanol–water partition coefficient (Wildman–Crippen LogP) is 2.15. The Kier molecular flexibility index (Phi) is 5.63. The van der Waals surface area contributed by atoms with Crippen molar-refractivity contribution in [2.45, 2.75) is 19.8 Å². The van der Waals surface area contributed by atoms with Crippen LogP contribution in [0.2, 0.25) is 0 Å². The van der Waals surface area contributed by atoms with Crippen LogP contribution in [0.3, 0.4) is 0 Å². The van der Waals surface area contributed by atoms with Crippen molar-refractivity contribution in [1.82, 2.24) is 5.32 Å². The van der Waals surface area contributed by atoms with E-state index >= 15 is 0 Å². The monoisotopic (exact) mass is 239 g/mol. The van der Waals surface area contributed by atoms with Gasteiger partial charge in [0.2, 0.25) is 0 Å². The van der Waals surface area contributed by atoms with Gasteiger partial charge in [-0.3, -0.25) is 4.79 Å². The number of rotatable bonds is 6. The van der Waals surface area contributed by atoms with Crippen LogP contribution in [0.1, 0.15) is 29.3 Å². The molecule has 0 radical (unpaired) electrons. The van der Waals surface area contributed by atoms with Crippen LogP contribution < -0.4 is 5.32 Å². The highest BCUT2D eigenvalue weighted by Crippen LogP contribution is 2.13. The summed E-state index contributed by atoms with van der Waals surface area (Å²) in [5.41, 5.74) is 0.677. The minimum atomic E-state index is -0.417. The fraction of sp³-hybridized carbons (Fsp3) is 0.462. The predicted molar refractivity (Wildman–Crippen MR) is 64.6 cm³/mol. The number of hydrogen-bond acceptors (Lipinski definition) is 2. The van der Waals surface area contributed by atoms with Gasteiger partial charge < -0.3 is 10.1 Å². The van der Waals surface area contributed by atoms with Gasteiger partial charge in [-0.15, -0.1) is 0 Å². The van der Waals surface area contributed by atoms with E-state index in [4.69, 9.17) is 4.74 Å². The number of hydrogen-bond donors (Lipinski definition) is 1. The Morgan fingerprint density at radius 1 is 1.47 bits per heavy atom. The molecule has 0 aromatic heterocycles. The van der Waals surface area contributed by atoms with Crippen molar-refractivity contribution in [3.05, 3.63) is 35.1 Å². The highest BCUT2D eigenvalue weighted by Gasteiger charge is 2.13. The molecule has 0 saturated carbocycles. The molecule has 0 atom stereocenters. The van der Waals surface area contributed by atoms with Crippen LogP contribution >= 0.6 is 0 Å². The number of methoxy groups -OCH3 is 1.